The van der Waals surface area contributed by atoms with Crippen LogP contribution in [0.25, 0.3) is 0 Å². The summed E-state index contributed by atoms with van der Waals surface area (Å²) >= 11 is 5.98. The van der Waals surface area contributed by atoms with Crippen LogP contribution in [0.2, 0.25) is 5.02 Å². The van der Waals surface area contributed by atoms with Gasteiger partial charge in [0.1, 0.15) is 6.07 Å². The first kappa shape index (κ1) is 15.1. The fourth-order valence-electron chi connectivity index (χ4n) is 2.29. The molecule has 7 heteroatoms. The Balaban J connectivity index is 2.07. The Morgan fingerprint density at radius 1 is 1.50 bits per heavy atom. The molecule has 1 aliphatic heterocycles. The zero-order valence-electron chi connectivity index (χ0n) is 11.1. The smallest absolute Gasteiger partial charge is 0.211 e. The molecule has 0 amide bonds. The second-order valence-electron chi connectivity index (χ2n) is 4.91. The molecule has 1 atom stereocenters. The summed E-state index contributed by atoms with van der Waals surface area (Å²) in [5.74, 6) is 0. The summed E-state index contributed by atoms with van der Waals surface area (Å²) in [6.45, 7) is 1.03. The zero-order valence-corrected chi connectivity index (χ0v) is 12.7. The summed E-state index contributed by atoms with van der Waals surface area (Å²) in [5.41, 5.74) is 1.23. The SMILES string of the molecule is CS(=O)(=O)N1CCCC(Nc2ccc(C#N)c(Cl)c2)C1. The molecule has 0 bridgehead atoms. The lowest BCUT2D eigenvalue weighted by atomic mass is 10.1. The topological polar surface area (TPSA) is 73.2 Å². The first-order valence-corrected chi connectivity index (χ1v) is 8.54. The van der Waals surface area contributed by atoms with E-state index in [0.717, 1.165) is 18.5 Å². The maximum atomic E-state index is 11.6. The molecule has 2 rings (SSSR count). The fourth-order valence-corrected chi connectivity index (χ4v) is 3.43. The lowest BCUT2D eigenvalue weighted by molar-refractivity contribution is 0.329. The van der Waals surface area contributed by atoms with Crippen LogP contribution in [-0.4, -0.2) is 38.1 Å². The van der Waals surface area contributed by atoms with Gasteiger partial charge in [0.2, 0.25) is 10.0 Å². The van der Waals surface area contributed by atoms with Crippen molar-refractivity contribution in [1.29, 1.82) is 5.26 Å². The molecule has 0 spiro atoms. The van der Waals surface area contributed by atoms with Gasteiger partial charge >= 0.3 is 0 Å². The lowest BCUT2D eigenvalue weighted by Crippen LogP contribution is -2.44. The number of hydrogen-bond acceptors (Lipinski definition) is 4. The van der Waals surface area contributed by atoms with Crippen molar-refractivity contribution in [2.45, 2.75) is 18.9 Å². The average Bonchev–Trinajstić information content (AvgIpc) is 2.38. The van der Waals surface area contributed by atoms with Crippen LogP contribution in [-0.2, 0) is 10.0 Å². The molecule has 1 fully saturated rings. The highest BCUT2D eigenvalue weighted by Crippen LogP contribution is 2.23. The Bertz CT molecular complexity index is 640. The fraction of sp³-hybridized carbons (Fsp3) is 0.462. The summed E-state index contributed by atoms with van der Waals surface area (Å²) in [4.78, 5) is 0. The highest BCUT2D eigenvalue weighted by molar-refractivity contribution is 7.88. The monoisotopic (exact) mass is 313 g/mol. The van der Waals surface area contributed by atoms with Gasteiger partial charge in [-0.15, -0.1) is 0 Å². The molecule has 0 saturated carbocycles. The van der Waals surface area contributed by atoms with Crippen LogP contribution in [0.1, 0.15) is 18.4 Å². The van der Waals surface area contributed by atoms with Gasteiger partial charge in [-0.3, -0.25) is 0 Å². The van der Waals surface area contributed by atoms with Crippen molar-refractivity contribution in [1.82, 2.24) is 4.31 Å². The summed E-state index contributed by atoms with van der Waals surface area (Å²) in [6.07, 6.45) is 2.96. The van der Waals surface area contributed by atoms with Gasteiger partial charge in [0.25, 0.3) is 0 Å². The molecule has 1 aromatic carbocycles. The Hall–Kier alpha value is -1.29. The van der Waals surface area contributed by atoms with E-state index >= 15 is 0 Å². The van der Waals surface area contributed by atoms with Gasteiger partial charge in [-0.25, -0.2) is 12.7 Å². The number of sulfonamides is 1. The van der Waals surface area contributed by atoms with Gasteiger partial charge in [0.15, 0.2) is 0 Å². The van der Waals surface area contributed by atoms with Crippen LogP contribution in [0, 0.1) is 11.3 Å². The minimum Gasteiger partial charge on any atom is -0.381 e. The largest absolute Gasteiger partial charge is 0.381 e. The van der Waals surface area contributed by atoms with Crippen molar-refractivity contribution in [2.24, 2.45) is 0 Å². The van der Waals surface area contributed by atoms with E-state index < -0.39 is 10.0 Å². The second kappa shape index (κ2) is 6.00. The Morgan fingerprint density at radius 3 is 2.85 bits per heavy atom. The van der Waals surface area contributed by atoms with Gasteiger partial charge in [0.05, 0.1) is 16.8 Å². The maximum Gasteiger partial charge on any atom is 0.211 e. The molecule has 1 N–H and O–H groups in total. The van der Waals surface area contributed by atoms with Crippen LogP contribution in [0.4, 0.5) is 5.69 Å². The second-order valence-corrected chi connectivity index (χ2v) is 7.30. The van der Waals surface area contributed by atoms with Crippen LogP contribution < -0.4 is 5.32 Å². The minimum atomic E-state index is -3.15. The molecule has 1 unspecified atom stereocenters. The first-order chi connectivity index (χ1) is 9.40. The highest BCUT2D eigenvalue weighted by Gasteiger charge is 2.25. The molecule has 5 nitrogen and oxygen atoms in total. The molecule has 108 valence electrons. The van der Waals surface area contributed by atoms with Crippen LogP contribution in [0.5, 0.6) is 0 Å². The lowest BCUT2D eigenvalue weighted by Gasteiger charge is -2.32. The number of rotatable bonds is 3. The van der Waals surface area contributed by atoms with E-state index in [1.165, 1.54) is 10.6 Å². The van der Waals surface area contributed by atoms with Crippen molar-refractivity contribution in [2.75, 3.05) is 24.7 Å². The standard InChI is InChI=1S/C13H16ClN3O2S/c1-20(18,19)17-6-2-3-12(9-17)16-11-5-4-10(8-15)13(14)7-11/h4-5,7,12,16H,2-3,6,9H2,1H3. The molecule has 1 aliphatic rings. The van der Waals surface area contributed by atoms with E-state index in [1.54, 1.807) is 18.2 Å². The highest BCUT2D eigenvalue weighted by atomic mass is 35.5. The van der Waals surface area contributed by atoms with Gasteiger partial charge in [0, 0.05) is 24.8 Å². The number of halogens is 1. The molecule has 1 saturated heterocycles. The molecule has 0 aliphatic carbocycles. The molecule has 0 radical (unpaired) electrons. The van der Waals surface area contributed by atoms with E-state index in [9.17, 15) is 8.42 Å². The molecular formula is C13H16ClN3O2S. The van der Waals surface area contributed by atoms with Crippen molar-refractivity contribution in [3.63, 3.8) is 0 Å². The summed E-state index contributed by atoms with van der Waals surface area (Å²) in [5, 5.41) is 12.5. The third-order valence-electron chi connectivity index (χ3n) is 3.31. The molecular weight excluding hydrogens is 298 g/mol. The quantitative estimate of drug-likeness (QED) is 0.927. The van der Waals surface area contributed by atoms with E-state index in [2.05, 4.69) is 5.32 Å². The predicted molar refractivity (Wildman–Crippen MR) is 79.2 cm³/mol. The summed E-state index contributed by atoms with van der Waals surface area (Å²) in [6, 6.07) is 7.19. The Kier molecular flexibility index (Phi) is 4.53. The van der Waals surface area contributed by atoms with E-state index in [-0.39, 0.29) is 6.04 Å². The Morgan fingerprint density at radius 2 is 2.25 bits per heavy atom. The van der Waals surface area contributed by atoms with Crippen LogP contribution >= 0.6 is 11.6 Å². The number of piperidine rings is 1. The van der Waals surface area contributed by atoms with Crippen LogP contribution in [0.3, 0.4) is 0 Å². The zero-order chi connectivity index (χ0) is 14.8. The Labute approximate surface area is 124 Å². The maximum absolute atomic E-state index is 11.6. The first-order valence-electron chi connectivity index (χ1n) is 6.31. The number of nitriles is 1. The van der Waals surface area contributed by atoms with E-state index in [1.807, 2.05) is 6.07 Å². The van der Waals surface area contributed by atoms with Crippen molar-refractivity contribution in [3.8, 4) is 6.07 Å². The third-order valence-corrected chi connectivity index (χ3v) is 4.90. The summed E-state index contributed by atoms with van der Waals surface area (Å²) in [7, 11) is -3.15. The average molecular weight is 314 g/mol. The van der Waals surface area contributed by atoms with Crippen molar-refractivity contribution in [3.05, 3.63) is 28.8 Å². The van der Waals surface area contributed by atoms with Gasteiger partial charge in [-0.1, -0.05) is 11.6 Å². The van der Waals surface area contributed by atoms with Gasteiger partial charge in [-0.05, 0) is 31.0 Å². The number of hydrogen-bond donors (Lipinski definition) is 1. The number of nitrogens with zero attached hydrogens (tertiary/aromatic N) is 2. The summed E-state index contributed by atoms with van der Waals surface area (Å²) < 4.78 is 24.6. The number of anilines is 1. The van der Waals surface area contributed by atoms with Crippen LogP contribution in [0.15, 0.2) is 18.2 Å². The normalized spacial score (nSPS) is 20.4. The van der Waals surface area contributed by atoms with E-state index in [0.29, 0.717) is 23.7 Å². The van der Waals surface area contributed by atoms with Gasteiger partial charge in [-0.2, -0.15) is 5.26 Å². The number of nitrogens with one attached hydrogen (secondary N) is 1. The number of benzene rings is 1. The molecule has 1 heterocycles. The van der Waals surface area contributed by atoms with Gasteiger partial charge < -0.3 is 5.32 Å². The molecule has 20 heavy (non-hydrogen) atoms. The minimum absolute atomic E-state index is 0.0578. The van der Waals surface area contributed by atoms with Crippen molar-refractivity contribution < 1.29 is 8.42 Å². The van der Waals surface area contributed by atoms with E-state index in [4.69, 9.17) is 16.9 Å². The third kappa shape index (κ3) is 3.63. The molecule has 0 aromatic heterocycles. The predicted octanol–water partition coefficient (Wildman–Crippen LogP) is 2.05. The molecule has 1 aromatic rings. The van der Waals surface area contributed by atoms with Crippen molar-refractivity contribution >= 4 is 27.3 Å².